The number of amides is 1. The lowest BCUT2D eigenvalue weighted by Gasteiger charge is -2.56. The highest BCUT2D eigenvalue weighted by atomic mass is 35.5. The molecule has 0 radical (unpaired) electrons. The molecular formula is C29H33ClN4O4S. The van der Waals surface area contributed by atoms with Crippen molar-refractivity contribution in [2.75, 3.05) is 11.4 Å². The van der Waals surface area contributed by atoms with Gasteiger partial charge in [0, 0.05) is 25.2 Å². The number of anilines is 1. The maximum Gasteiger partial charge on any atom is 0.296 e. The number of nitrogens with zero attached hydrogens (tertiary/aromatic N) is 3. The van der Waals surface area contributed by atoms with Gasteiger partial charge >= 0.3 is 0 Å². The second-order valence-electron chi connectivity index (χ2n) is 11.7. The molecule has 0 saturated heterocycles. The van der Waals surface area contributed by atoms with Gasteiger partial charge < -0.3 is 5.32 Å². The van der Waals surface area contributed by atoms with Crippen molar-refractivity contribution in [1.82, 2.24) is 14.7 Å². The molecule has 0 spiro atoms. The topological polar surface area (TPSA) is 93.4 Å². The second-order valence-corrected chi connectivity index (χ2v) is 14.0. The number of nitrogens with one attached hydrogen (secondary N) is 1. The van der Waals surface area contributed by atoms with Crippen LogP contribution in [-0.2, 0) is 17.1 Å². The van der Waals surface area contributed by atoms with E-state index in [1.54, 1.807) is 36.9 Å². The molecule has 4 aliphatic rings. The first kappa shape index (κ1) is 26.2. The molecule has 39 heavy (non-hydrogen) atoms. The maximum atomic E-state index is 13.9. The summed E-state index contributed by atoms with van der Waals surface area (Å²) in [6, 6.07) is 13.4. The molecule has 4 bridgehead atoms. The molecule has 7 rings (SSSR count). The van der Waals surface area contributed by atoms with Crippen LogP contribution in [0.4, 0.5) is 5.69 Å². The Kier molecular flexibility index (Phi) is 6.22. The summed E-state index contributed by atoms with van der Waals surface area (Å²) in [6.45, 7) is 1.69. The molecule has 1 amide bonds. The lowest BCUT2D eigenvalue weighted by Crippen LogP contribution is -2.59. The van der Waals surface area contributed by atoms with E-state index in [0.717, 1.165) is 23.6 Å². The quantitative estimate of drug-likeness (QED) is 0.468. The molecule has 206 valence electrons. The first-order valence-corrected chi connectivity index (χ1v) is 15.3. The molecule has 1 aromatic heterocycles. The van der Waals surface area contributed by atoms with Gasteiger partial charge in [-0.15, -0.1) is 0 Å². The van der Waals surface area contributed by atoms with Crippen molar-refractivity contribution in [2.45, 2.75) is 55.9 Å². The van der Waals surface area contributed by atoms with E-state index >= 15 is 0 Å². The number of hydrogen-bond acceptors (Lipinski definition) is 4. The minimum atomic E-state index is -4.27. The SMILES string of the molecule is Cc1c(N(C)S(=O)(=O)c2cc(C(=O)NC34CC5CC(CC(C5)C3)C4)ccc2Cl)c(=O)n(-c2ccccc2)n1C. The second kappa shape index (κ2) is 9.27. The number of halogens is 1. The van der Waals surface area contributed by atoms with Gasteiger partial charge in [-0.25, -0.2) is 13.1 Å². The molecule has 4 fully saturated rings. The summed E-state index contributed by atoms with van der Waals surface area (Å²) >= 11 is 6.40. The molecule has 0 aliphatic heterocycles. The van der Waals surface area contributed by atoms with E-state index in [1.807, 2.05) is 18.2 Å². The third kappa shape index (κ3) is 4.30. The van der Waals surface area contributed by atoms with E-state index in [-0.39, 0.29) is 32.6 Å². The molecule has 8 nitrogen and oxygen atoms in total. The Balaban J connectivity index is 1.32. The van der Waals surface area contributed by atoms with E-state index in [1.165, 1.54) is 43.1 Å². The van der Waals surface area contributed by atoms with Crippen molar-refractivity contribution >= 4 is 33.2 Å². The Bertz CT molecular complexity index is 1590. The molecule has 1 N–H and O–H groups in total. The summed E-state index contributed by atoms with van der Waals surface area (Å²) in [5, 5.41) is 3.29. The molecular weight excluding hydrogens is 536 g/mol. The zero-order valence-electron chi connectivity index (χ0n) is 22.4. The Morgan fingerprint density at radius 2 is 1.62 bits per heavy atom. The maximum absolute atomic E-state index is 13.9. The fourth-order valence-electron chi connectivity index (χ4n) is 7.60. The number of para-hydroxylation sites is 1. The summed E-state index contributed by atoms with van der Waals surface area (Å²) in [5.74, 6) is 1.72. The van der Waals surface area contributed by atoms with Crippen LogP contribution in [0.25, 0.3) is 5.69 Å². The summed E-state index contributed by atoms with van der Waals surface area (Å²) in [4.78, 5) is 26.7. The van der Waals surface area contributed by atoms with Gasteiger partial charge in [0.25, 0.3) is 21.5 Å². The Labute approximate surface area is 233 Å². The average Bonchev–Trinajstić information content (AvgIpc) is 3.10. The lowest BCUT2D eigenvalue weighted by atomic mass is 9.53. The summed E-state index contributed by atoms with van der Waals surface area (Å²) in [7, 11) is -1.22. The number of carbonyl (C=O) groups is 1. The Hall–Kier alpha value is -3.04. The normalized spacial score (nSPS) is 25.6. The molecule has 3 aromatic rings. The van der Waals surface area contributed by atoms with Crippen LogP contribution in [0.15, 0.2) is 58.2 Å². The van der Waals surface area contributed by atoms with Crippen molar-refractivity contribution in [3.63, 3.8) is 0 Å². The number of rotatable bonds is 6. The molecule has 2 aromatic carbocycles. The smallest absolute Gasteiger partial charge is 0.296 e. The Morgan fingerprint density at radius 1 is 1.03 bits per heavy atom. The van der Waals surface area contributed by atoms with Gasteiger partial charge in [-0.3, -0.25) is 18.6 Å². The fourth-order valence-corrected chi connectivity index (χ4v) is 9.35. The van der Waals surface area contributed by atoms with Crippen molar-refractivity contribution in [1.29, 1.82) is 0 Å². The predicted molar refractivity (Wildman–Crippen MR) is 151 cm³/mol. The minimum Gasteiger partial charge on any atom is -0.347 e. The predicted octanol–water partition coefficient (Wildman–Crippen LogP) is 4.66. The van der Waals surface area contributed by atoms with Gasteiger partial charge in [0.2, 0.25) is 0 Å². The van der Waals surface area contributed by atoms with Gasteiger partial charge in [-0.2, -0.15) is 0 Å². The number of hydrogen-bond donors (Lipinski definition) is 1. The molecule has 0 unspecified atom stereocenters. The van der Waals surface area contributed by atoms with E-state index < -0.39 is 15.6 Å². The molecule has 1 heterocycles. The van der Waals surface area contributed by atoms with Crippen molar-refractivity contribution in [3.05, 3.63) is 75.2 Å². The lowest BCUT2D eigenvalue weighted by molar-refractivity contribution is -0.0167. The number of sulfonamides is 1. The fraction of sp³-hybridized carbons (Fsp3) is 0.448. The van der Waals surface area contributed by atoms with E-state index in [2.05, 4.69) is 5.32 Å². The summed E-state index contributed by atoms with van der Waals surface area (Å²) in [5.41, 5.74) is 0.673. The number of benzene rings is 2. The van der Waals surface area contributed by atoms with Crippen molar-refractivity contribution < 1.29 is 13.2 Å². The van der Waals surface area contributed by atoms with E-state index in [4.69, 9.17) is 11.6 Å². The van der Waals surface area contributed by atoms with Crippen LogP contribution < -0.4 is 15.2 Å². The van der Waals surface area contributed by atoms with Gasteiger partial charge in [0.05, 0.1) is 16.4 Å². The third-order valence-corrected chi connectivity index (χ3v) is 11.3. The van der Waals surface area contributed by atoms with Crippen LogP contribution in [0.3, 0.4) is 0 Å². The zero-order chi connectivity index (χ0) is 27.7. The molecule has 10 heteroatoms. The Morgan fingerprint density at radius 3 is 2.21 bits per heavy atom. The summed E-state index contributed by atoms with van der Waals surface area (Å²) < 4.78 is 31.7. The molecule has 4 saturated carbocycles. The molecule has 0 atom stereocenters. The highest BCUT2D eigenvalue weighted by Gasteiger charge is 2.51. The van der Waals surface area contributed by atoms with Crippen LogP contribution in [0.2, 0.25) is 5.02 Å². The van der Waals surface area contributed by atoms with Crippen molar-refractivity contribution in [3.8, 4) is 5.69 Å². The zero-order valence-corrected chi connectivity index (χ0v) is 23.9. The van der Waals surface area contributed by atoms with Crippen LogP contribution in [0.5, 0.6) is 0 Å². The van der Waals surface area contributed by atoms with Crippen LogP contribution in [0, 0.1) is 24.7 Å². The molecule has 4 aliphatic carbocycles. The average molecular weight is 569 g/mol. The monoisotopic (exact) mass is 568 g/mol. The van der Waals surface area contributed by atoms with E-state index in [9.17, 15) is 18.0 Å². The largest absolute Gasteiger partial charge is 0.347 e. The standard InChI is InChI=1S/C29H33ClN4O4S/c1-18-26(28(36)34(32(18)2)23-7-5-4-6-8-23)33(3)39(37,38)25-14-22(9-10-24(25)30)27(35)31-29-15-19-11-20(16-29)13-21(12-19)17-29/h4-10,14,19-21H,11-13,15-17H2,1-3H3,(H,31,35). The van der Waals surface area contributed by atoms with E-state index in [0.29, 0.717) is 29.1 Å². The highest BCUT2D eigenvalue weighted by molar-refractivity contribution is 7.93. The van der Waals surface area contributed by atoms with Gasteiger partial charge in [-0.05, 0) is 93.5 Å². The van der Waals surface area contributed by atoms with Crippen LogP contribution in [-0.4, -0.2) is 36.3 Å². The van der Waals surface area contributed by atoms with Crippen LogP contribution >= 0.6 is 11.6 Å². The van der Waals surface area contributed by atoms with Crippen LogP contribution in [0.1, 0.15) is 54.6 Å². The summed E-state index contributed by atoms with van der Waals surface area (Å²) in [6.07, 6.45) is 6.76. The van der Waals surface area contributed by atoms with Gasteiger partial charge in [0.15, 0.2) is 0 Å². The number of aromatic nitrogens is 2. The van der Waals surface area contributed by atoms with Gasteiger partial charge in [0.1, 0.15) is 10.6 Å². The first-order valence-electron chi connectivity index (χ1n) is 13.4. The first-order chi connectivity index (χ1) is 18.5. The minimum absolute atomic E-state index is 0.00910. The van der Waals surface area contributed by atoms with Crippen molar-refractivity contribution in [2.24, 2.45) is 24.8 Å². The highest BCUT2D eigenvalue weighted by Crippen LogP contribution is 2.55. The third-order valence-electron chi connectivity index (χ3n) is 9.09. The van der Waals surface area contributed by atoms with Gasteiger partial charge in [-0.1, -0.05) is 29.8 Å². The number of carbonyl (C=O) groups excluding carboxylic acids is 1.